The van der Waals surface area contributed by atoms with Crippen molar-refractivity contribution in [3.8, 4) is 0 Å². The van der Waals surface area contributed by atoms with Gasteiger partial charge in [0.1, 0.15) is 0 Å². The molecule has 0 aromatic carbocycles. The SMILES string of the molecule is Cc1nn(C)c(C)c1CNC(=O)C1NCC2CCCC21. The summed E-state index contributed by atoms with van der Waals surface area (Å²) in [6.45, 7) is 5.63. The van der Waals surface area contributed by atoms with E-state index in [1.807, 2.05) is 25.6 Å². The van der Waals surface area contributed by atoms with E-state index in [4.69, 9.17) is 0 Å². The number of fused-ring (bicyclic) bond motifs is 1. The topological polar surface area (TPSA) is 59.0 Å². The van der Waals surface area contributed by atoms with Crippen molar-refractivity contribution in [2.75, 3.05) is 6.54 Å². The maximum atomic E-state index is 12.4. The first kappa shape index (κ1) is 13.6. The van der Waals surface area contributed by atoms with Crippen molar-refractivity contribution in [3.63, 3.8) is 0 Å². The molecule has 1 aliphatic heterocycles. The predicted molar refractivity (Wildman–Crippen MR) is 77.2 cm³/mol. The van der Waals surface area contributed by atoms with Gasteiger partial charge in [-0.2, -0.15) is 5.10 Å². The standard InChI is InChI=1S/C15H24N4O/c1-9-13(10(2)19(3)18-9)8-17-15(20)14-12-6-4-5-11(12)7-16-14/h11-12,14,16H,4-8H2,1-3H3,(H,17,20). The summed E-state index contributed by atoms with van der Waals surface area (Å²) in [5.74, 6) is 1.42. The molecule has 0 bridgehead atoms. The van der Waals surface area contributed by atoms with E-state index in [1.165, 1.54) is 19.3 Å². The summed E-state index contributed by atoms with van der Waals surface area (Å²) < 4.78 is 1.87. The second kappa shape index (κ2) is 5.20. The largest absolute Gasteiger partial charge is 0.351 e. The molecular weight excluding hydrogens is 252 g/mol. The number of carbonyl (C=O) groups is 1. The van der Waals surface area contributed by atoms with Gasteiger partial charge >= 0.3 is 0 Å². The maximum absolute atomic E-state index is 12.4. The summed E-state index contributed by atoms with van der Waals surface area (Å²) in [4.78, 5) is 12.4. The number of hydrogen-bond donors (Lipinski definition) is 2. The lowest BCUT2D eigenvalue weighted by atomic mass is 9.93. The highest BCUT2D eigenvalue weighted by molar-refractivity contribution is 5.82. The predicted octanol–water partition coefficient (Wildman–Crippen LogP) is 1.04. The monoisotopic (exact) mass is 276 g/mol. The van der Waals surface area contributed by atoms with Crippen molar-refractivity contribution < 1.29 is 4.79 Å². The maximum Gasteiger partial charge on any atom is 0.237 e. The summed E-state index contributed by atoms with van der Waals surface area (Å²) in [6, 6.07) is 0.0137. The number of carbonyl (C=O) groups excluding carboxylic acids is 1. The summed E-state index contributed by atoms with van der Waals surface area (Å²) in [6.07, 6.45) is 3.75. The van der Waals surface area contributed by atoms with E-state index >= 15 is 0 Å². The highest BCUT2D eigenvalue weighted by Crippen LogP contribution is 2.37. The van der Waals surface area contributed by atoms with Gasteiger partial charge in [0.05, 0.1) is 11.7 Å². The first-order valence-electron chi connectivity index (χ1n) is 7.58. The average Bonchev–Trinajstić information content (AvgIpc) is 3.04. The van der Waals surface area contributed by atoms with Gasteiger partial charge < -0.3 is 10.6 Å². The third-order valence-corrected chi connectivity index (χ3v) is 5.13. The number of nitrogens with one attached hydrogen (secondary N) is 2. The second-order valence-electron chi connectivity index (χ2n) is 6.23. The number of rotatable bonds is 3. The van der Waals surface area contributed by atoms with Crippen LogP contribution < -0.4 is 10.6 Å². The van der Waals surface area contributed by atoms with Crippen LogP contribution in [0.25, 0.3) is 0 Å². The Bertz CT molecular complexity index is 522. The van der Waals surface area contributed by atoms with E-state index < -0.39 is 0 Å². The Morgan fingerprint density at radius 1 is 1.45 bits per heavy atom. The molecule has 2 heterocycles. The Hall–Kier alpha value is -1.36. The van der Waals surface area contributed by atoms with Crippen LogP contribution >= 0.6 is 0 Å². The van der Waals surface area contributed by atoms with Crippen molar-refractivity contribution in [3.05, 3.63) is 17.0 Å². The minimum absolute atomic E-state index is 0.0137. The number of amides is 1. The zero-order valence-corrected chi connectivity index (χ0v) is 12.6. The zero-order chi connectivity index (χ0) is 14.3. The van der Waals surface area contributed by atoms with Crippen molar-refractivity contribution in [2.24, 2.45) is 18.9 Å². The van der Waals surface area contributed by atoms with Gasteiger partial charge in [-0.1, -0.05) is 6.42 Å². The smallest absolute Gasteiger partial charge is 0.237 e. The molecule has 0 spiro atoms. The Morgan fingerprint density at radius 2 is 2.25 bits per heavy atom. The second-order valence-corrected chi connectivity index (χ2v) is 6.23. The number of aromatic nitrogens is 2. The Kier molecular flexibility index (Phi) is 3.54. The molecule has 5 nitrogen and oxygen atoms in total. The molecule has 5 heteroatoms. The van der Waals surface area contributed by atoms with Crippen LogP contribution in [0.2, 0.25) is 0 Å². The molecule has 0 radical (unpaired) electrons. The lowest BCUT2D eigenvalue weighted by Crippen LogP contribution is -2.43. The molecule has 1 aliphatic carbocycles. The number of nitrogens with zero attached hydrogens (tertiary/aromatic N) is 2. The molecule has 2 N–H and O–H groups in total. The molecule has 20 heavy (non-hydrogen) atoms. The summed E-state index contributed by atoms with van der Waals surface area (Å²) in [5, 5.41) is 10.9. The lowest BCUT2D eigenvalue weighted by Gasteiger charge is -2.17. The summed E-state index contributed by atoms with van der Waals surface area (Å²) >= 11 is 0. The molecule has 1 saturated heterocycles. The first-order chi connectivity index (χ1) is 9.58. The molecule has 3 atom stereocenters. The van der Waals surface area contributed by atoms with Crippen molar-refractivity contribution in [1.29, 1.82) is 0 Å². The zero-order valence-electron chi connectivity index (χ0n) is 12.6. The highest BCUT2D eigenvalue weighted by atomic mass is 16.2. The van der Waals surface area contributed by atoms with Gasteiger partial charge in [0.2, 0.25) is 5.91 Å². The van der Waals surface area contributed by atoms with Gasteiger partial charge in [-0.05, 0) is 45.1 Å². The lowest BCUT2D eigenvalue weighted by molar-refractivity contribution is -0.123. The third-order valence-electron chi connectivity index (χ3n) is 5.13. The van der Waals surface area contributed by atoms with Gasteiger partial charge in [-0.15, -0.1) is 0 Å². The Morgan fingerprint density at radius 3 is 2.95 bits per heavy atom. The van der Waals surface area contributed by atoms with Crippen LogP contribution in [-0.2, 0) is 18.4 Å². The average molecular weight is 276 g/mol. The summed E-state index contributed by atoms with van der Waals surface area (Å²) in [7, 11) is 1.94. The van der Waals surface area contributed by atoms with E-state index in [-0.39, 0.29) is 11.9 Å². The van der Waals surface area contributed by atoms with Gasteiger partial charge in [0, 0.05) is 24.8 Å². The third kappa shape index (κ3) is 2.24. The minimum Gasteiger partial charge on any atom is -0.351 e. The van der Waals surface area contributed by atoms with Crippen LogP contribution in [0.1, 0.15) is 36.2 Å². The van der Waals surface area contributed by atoms with Gasteiger partial charge in [0.25, 0.3) is 0 Å². The van der Waals surface area contributed by atoms with Crippen molar-refractivity contribution in [2.45, 2.75) is 45.7 Å². The molecule has 110 valence electrons. The number of aryl methyl sites for hydroxylation is 2. The molecule has 2 aliphatic rings. The molecule has 1 aromatic rings. The number of hydrogen-bond acceptors (Lipinski definition) is 3. The van der Waals surface area contributed by atoms with E-state index in [9.17, 15) is 4.79 Å². The van der Waals surface area contributed by atoms with Crippen LogP contribution in [-0.4, -0.2) is 28.3 Å². The normalized spacial score (nSPS) is 28.6. The fraction of sp³-hybridized carbons (Fsp3) is 0.733. The van der Waals surface area contributed by atoms with Crippen LogP contribution in [0.3, 0.4) is 0 Å². The molecule has 3 unspecified atom stereocenters. The van der Waals surface area contributed by atoms with Crippen LogP contribution in [0.4, 0.5) is 0 Å². The summed E-state index contributed by atoms with van der Waals surface area (Å²) in [5.41, 5.74) is 3.27. The Labute approximate surface area is 120 Å². The molecule has 1 amide bonds. The fourth-order valence-corrected chi connectivity index (χ4v) is 3.83. The van der Waals surface area contributed by atoms with Gasteiger partial charge in [-0.25, -0.2) is 0 Å². The van der Waals surface area contributed by atoms with E-state index in [2.05, 4.69) is 15.7 Å². The molecule has 1 aromatic heterocycles. The molecular formula is C15H24N4O. The first-order valence-corrected chi connectivity index (χ1v) is 7.58. The van der Waals surface area contributed by atoms with Crippen molar-refractivity contribution >= 4 is 5.91 Å². The van der Waals surface area contributed by atoms with Crippen molar-refractivity contribution in [1.82, 2.24) is 20.4 Å². The van der Waals surface area contributed by atoms with Gasteiger partial charge in [-0.3, -0.25) is 9.48 Å². The Balaban J connectivity index is 1.62. The van der Waals surface area contributed by atoms with Crippen LogP contribution in [0, 0.1) is 25.7 Å². The minimum atomic E-state index is 0.0137. The van der Waals surface area contributed by atoms with Crippen LogP contribution in [0.5, 0.6) is 0 Å². The van der Waals surface area contributed by atoms with E-state index in [0.29, 0.717) is 18.4 Å². The highest BCUT2D eigenvalue weighted by Gasteiger charge is 2.42. The quantitative estimate of drug-likeness (QED) is 0.867. The van der Waals surface area contributed by atoms with E-state index in [0.717, 1.165) is 23.5 Å². The van der Waals surface area contributed by atoms with Gasteiger partial charge in [0.15, 0.2) is 0 Å². The molecule has 3 rings (SSSR count). The fourth-order valence-electron chi connectivity index (χ4n) is 3.83. The molecule has 1 saturated carbocycles. The van der Waals surface area contributed by atoms with Crippen LogP contribution in [0.15, 0.2) is 0 Å². The van der Waals surface area contributed by atoms with E-state index in [1.54, 1.807) is 0 Å². The molecule has 2 fully saturated rings.